The maximum atomic E-state index is 5.41. The highest BCUT2D eigenvalue weighted by atomic mass is 79.9. The Balaban J connectivity index is 3.99. The third-order valence-corrected chi connectivity index (χ3v) is 4.41. The Morgan fingerprint density at radius 1 is 1.15 bits per heavy atom. The first kappa shape index (κ1) is 13.4. The van der Waals surface area contributed by atoms with Gasteiger partial charge in [-0.25, -0.2) is 0 Å². The topological polar surface area (TPSA) is 9.23 Å². The van der Waals surface area contributed by atoms with E-state index in [4.69, 9.17) is 4.74 Å². The van der Waals surface area contributed by atoms with Crippen LogP contribution in [0.25, 0.3) is 0 Å². The number of methoxy groups -OCH3 is 1. The standard InChI is InChI=1S/C11H23BrO/c1-6-11(4,9-12)8-7-10(2,3)13-5/h6-9H2,1-5H3. The Morgan fingerprint density at radius 2 is 1.69 bits per heavy atom. The number of halogens is 1. The van der Waals surface area contributed by atoms with Gasteiger partial charge in [0.25, 0.3) is 0 Å². The molecule has 0 spiro atoms. The van der Waals surface area contributed by atoms with Crippen LogP contribution in [0.1, 0.15) is 47.0 Å². The van der Waals surface area contributed by atoms with Gasteiger partial charge in [-0.15, -0.1) is 0 Å². The molecule has 0 saturated carbocycles. The Labute approximate surface area is 91.4 Å². The van der Waals surface area contributed by atoms with Crippen molar-refractivity contribution < 1.29 is 4.74 Å². The maximum Gasteiger partial charge on any atom is 0.0623 e. The van der Waals surface area contributed by atoms with Crippen molar-refractivity contribution in [1.29, 1.82) is 0 Å². The van der Waals surface area contributed by atoms with E-state index >= 15 is 0 Å². The zero-order chi connectivity index (χ0) is 10.5. The van der Waals surface area contributed by atoms with E-state index in [0.29, 0.717) is 5.41 Å². The van der Waals surface area contributed by atoms with Gasteiger partial charge in [-0.05, 0) is 38.5 Å². The highest BCUT2D eigenvalue weighted by molar-refractivity contribution is 9.09. The summed E-state index contributed by atoms with van der Waals surface area (Å²) in [6.45, 7) is 8.88. The lowest BCUT2D eigenvalue weighted by Crippen LogP contribution is -2.27. The molecule has 0 aromatic carbocycles. The number of ether oxygens (including phenoxy) is 1. The van der Waals surface area contributed by atoms with Crippen LogP contribution < -0.4 is 0 Å². The van der Waals surface area contributed by atoms with Crippen LogP contribution in [0.2, 0.25) is 0 Å². The predicted molar refractivity (Wildman–Crippen MR) is 62.5 cm³/mol. The number of hydrogen-bond acceptors (Lipinski definition) is 1. The minimum absolute atomic E-state index is 0.0264. The molecule has 0 amide bonds. The van der Waals surface area contributed by atoms with Crippen LogP contribution in [0.5, 0.6) is 0 Å². The molecule has 0 aliphatic carbocycles. The molecule has 0 aromatic rings. The van der Waals surface area contributed by atoms with Crippen LogP contribution in [-0.4, -0.2) is 18.0 Å². The smallest absolute Gasteiger partial charge is 0.0623 e. The zero-order valence-corrected chi connectivity index (χ0v) is 11.2. The molecule has 0 aliphatic rings. The van der Waals surface area contributed by atoms with Gasteiger partial charge in [0.05, 0.1) is 5.60 Å². The highest BCUT2D eigenvalue weighted by Crippen LogP contribution is 2.32. The van der Waals surface area contributed by atoms with Gasteiger partial charge in [-0.3, -0.25) is 0 Å². The fourth-order valence-corrected chi connectivity index (χ4v) is 1.72. The summed E-state index contributed by atoms with van der Waals surface area (Å²) in [4.78, 5) is 0. The molecule has 0 heterocycles. The van der Waals surface area contributed by atoms with Crippen molar-refractivity contribution in [3.05, 3.63) is 0 Å². The first-order valence-corrected chi connectivity index (χ1v) is 6.12. The predicted octanol–water partition coefficient (Wildman–Crippen LogP) is 4.00. The third kappa shape index (κ3) is 5.02. The first-order valence-electron chi connectivity index (χ1n) is 5.00. The van der Waals surface area contributed by atoms with Crippen LogP contribution in [-0.2, 0) is 4.74 Å². The molecule has 1 unspecified atom stereocenters. The monoisotopic (exact) mass is 250 g/mol. The van der Waals surface area contributed by atoms with Crippen LogP contribution in [0.15, 0.2) is 0 Å². The van der Waals surface area contributed by atoms with E-state index in [-0.39, 0.29) is 5.60 Å². The number of hydrogen-bond donors (Lipinski definition) is 0. The van der Waals surface area contributed by atoms with E-state index in [1.165, 1.54) is 12.8 Å². The van der Waals surface area contributed by atoms with E-state index < -0.39 is 0 Å². The lowest BCUT2D eigenvalue weighted by molar-refractivity contribution is 0.00602. The third-order valence-electron chi connectivity index (χ3n) is 3.06. The Kier molecular flexibility index (Phi) is 5.53. The van der Waals surface area contributed by atoms with Crippen molar-refractivity contribution in [1.82, 2.24) is 0 Å². The average Bonchev–Trinajstić information content (AvgIpc) is 2.14. The van der Waals surface area contributed by atoms with E-state index in [9.17, 15) is 0 Å². The fourth-order valence-electron chi connectivity index (χ4n) is 1.04. The van der Waals surface area contributed by atoms with Gasteiger partial charge in [0.2, 0.25) is 0 Å². The van der Waals surface area contributed by atoms with Crippen molar-refractivity contribution in [3.8, 4) is 0 Å². The lowest BCUT2D eigenvalue weighted by Gasteiger charge is -2.31. The van der Waals surface area contributed by atoms with Crippen molar-refractivity contribution in [2.24, 2.45) is 5.41 Å². The molecule has 0 bridgehead atoms. The molecule has 1 atom stereocenters. The molecule has 1 nitrogen and oxygen atoms in total. The lowest BCUT2D eigenvalue weighted by atomic mass is 9.82. The van der Waals surface area contributed by atoms with E-state index in [0.717, 1.165) is 11.8 Å². The second-order valence-corrected chi connectivity index (χ2v) is 5.32. The minimum atomic E-state index is 0.0264. The molecule has 0 aromatic heterocycles. The molecule has 0 saturated heterocycles. The van der Waals surface area contributed by atoms with Crippen LogP contribution in [0.3, 0.4) is 0 Å². The van der Waals surface area contributed by atoms with E-state index in [2.05, 4.69) is 43.6 Å². The van der Waals surface area contributed by atoms with Crippen LogP contribution in [0, 0.1) is 5.41 Å². The van der Waals surface area contributed by atoms with Gasteiger partial charge in [0.15, 0.2) is 0 Å². The van der Waals surface area contributed by atoms with Gasteiger partial charge >= 0.3 is 0 Å². The van der Waals surface area contributed by atoms with Crippen molar-refractivity contribution >= 4 is 15.9 Å². The Hall–Kier alpha value is 0.440. The second-order valence-electron chi connectivity index (χ2n) is 4.76. The molecule has 0 radical (unpaired) electrons. The molecular formula is C11H23BrO. The summed E-state index contributed by atoms with van der Waals surface area (Å²) in [5, 5.41) is 1.08. The van der Waals surface area contributed by atoms with Crippen molar-refractivity contribution in [2.45, 2.75) is 52.6 Å². The van der Waals surface area contributed by atoms with E-state index in [1.807, 2.05) is 0 Å². The number of alkyl halides is 1. The molecule has 0 N–H and O–H groups in total. The largest absolute Gasteiger partial charge is 0.379 e. The van der Waals surface area contributed by atoms with Gasteiger partial charge in [-0.1, -0.05) is 29.8 Å². The normalized spacial score (nSPS) is 17.1. The Bertz CT molecular complexity index is 139. The summed E-state index contributed by atoms with van der Waals surface area (Å²) in [6.07, 6.45) is 3.56. The summed E-state index contributed by atoms with van der Waals surface area (Å²) in [7, 11) is 1.79. The molecular weight excluding hydrogens is 228 g/mol. The van der Waals surface area contributed by atoms with Gasteiger partial charge < -0.3 is 4.74 Å². The SMILES string of the molecule is CCC(C)(CBr)CCC(C)(C)OC. The van der Waals surface area contributed by atoms with Crippen molar-refractivity contribution in [2.75, 3.05) is 12.4 Å². The maximum absolute atomic E-state index is 5.41. The van der Waals surface area contributed by atoms with Gasteiger partial charge in [-0.2, -0.15) is 0 Å². The summed E-state index contributed by atoms with van der Waals surface area (Å²) < 4.78 is 5.41. The summed E-state index contributed by atoms with van der Waals surface area (Å²) in [5.41, 5.74) is 0.453. The summed E-state index contributed by atoms with van der Waals surface area (Å²) >= 11 is 3.58. The quantitative estimate of drug-likeness (QED) is 0.648. The zero-order valence-electron chi connectivity index (χ0n) is 9.61. The van der Waals surface area contributed by atoms with Crippen LogP contribution >= 0.6 is 15.9 Å². The van der Waals surface area contributed by atoms with Crippen LogP contribution in [0.4, 0.5) is 0 Å². The van der Waals surface area contributed by atoms with Gasteiger partial charge in [0.1, 0.15) is 0 Å². The number of rotatable bonds is 6. The second kappa shape index (κ2) is 5.35. The average molecular weight is 251 g/mol. The molecule has 13 heavy (non-hydrogen) atoms. The van der Waals surface area contributed by atoms with Gasteiger partial charge in [0, 0.05) is 12.4 Å². The highest BCUT2D eigenvalue weighted by Gasteiger charge is 2.25. The molecule has 80 valence electrons. The fraction of sp³-hybridized carbons (Fsp3) is 1.00. The molecule has 0 fully saturated rings. The van der Waals surface area contributed by atoms with E-state index in [1.54, 1.807) is 7.11 Å². The molecule has 0 aliphatic heterocycles. The Morgan fingerprint density at radius 3 is 2.00 bits per heavy atom. The summed E-state index contributed by atoms with van der Waals surface area (Å²) in [6, 6.07) is 0. The molecule has 2 heteroatoms. The summed E-state index contributed by atoms with van der Waals surface area (Å²) in [5.74, 6) is 0. The first-order chi connectivity index (χ1) is 5.89. The van der Waals surface area contributed by atoms with Crippen molar-refractivity contribution in [3.63, 3.8) is 0 Å². The molecule has 0 rings (SSSR count). The minimum Gasteiger partial charge on any atom is -0.379 e.